The van der Waals surface area contributed by atoms with Crippen molar-refractivity contribution in [3.05, 3.63) is 22.8 Å². The number of nitrogens with two attached hydrogens (primary N) is 1. The molecule has 0 saturated carbocycles. The van der Waals surface area contributed by atoms with Gasteiger partial charge in [-0.3, -0.25) is 14.5 Å². The van der Waals surface area contributed by atoms with Gasteiger partial charge in [0.25, 0.3) is 11.8 Å². The Balaban J connectivity index is 1.63. The molecule has 14 heteroatoms. The third-order valence-electron chi connectivity index (χ3n) is 4.25. The zero-order valence-electron chi connectivity index (χ0n) is 18.3. The van der Waals surface area contributed by atoms with Crippen molar-refractivity contribution < 1.29 is 33.5 Å². The van der Waals surface area contributed by atoms with Crippen LogP contribution in [0.1, 0.15) is 26.5 Å². The molecule has 3 rings (SSSR count). The first-order valence-electron chi connectivity index (χ1n) is 9.69. The van der Waals surface area contributed by atoms with Gasteiger partial charge in [0.05, 0.1) is 0 Å². The molecule has 1 fully saturated rings. The predicted octanol–water partition coefficient (Wildman–Crippen LogP) is 0.245. The molecule has 12 nitrogen and oxygen atoms in total. The summed E-state index contributed by atoms with van der Waals surface area (Å²) in [5, 5.41) is 7.55. The molecule has 1 aromatic rings. The van der Waals surface area contributed by atoms with Gasteiger partial charge in [0.2, 0.25) is 0 Å². The van der Waals surface area contributed by atoms with Crippen molar-refractivity contribution in [3.63, 3.8) is 0 Å². The highest BCUT2D eigenvalue weighted by atomic mass is 32.2. The first-order valence-corrected chi connectivity index (χ1v) is 11.6. The molecule has 1 aromatic heterocycles. The summed E-state index contributed by atoms with van der Waals surface area (Å²) in [5.41, 5.74) is 4.98. The van der Waals surface area contributed by atoms with Crippen LogP contribution in [0.4, 0.5) is 5.13 Å². The number of anilines is 1. The van der Waals surface area contributed by atoms with Crippen LogP contribution in [0.25, 0.3) is 0 Å². The summed E-state index contributed by atoms with van der Waals surface area (Å²) in [5.74, 6) is -2.31. The Bertz CT molecular complexity index is 1030. The number of thioether (sulfide) groups is 1. The van der Waals surface area contributed by atoms with Crippen LogP contribution in [-0.4, -0.2) is 75.8 Å². The van der Waals surface area contributed by atoms with Gasteiger partial charge in [-0.25, -0.2) is 14.6 Å². The van der Waals surface area contributed by atoms with Crippen molar-refractivity contribution in [2.75, 3.05) is 25.2 Å². The van der Waals surface area contributed by atoms with Crippen LogP contribution in [0.15, 0.2) is 22.3 Å². The Morgan fingerprint density at radius 3 is 2.70 bits per heavy atom. The number of nitrogens with one attached hydrogen (secondary N) is 1. The molecule has 3 N–H and O–H groups in total. The highest BCUT2D eigenvalue weighted by Crippen LogP contribution is 2.37. The fraction of sp³-hybridized carbons (Fsp3) is 0.474. The molecule has 3 heterocycles. The maximum Gasteiger partial charge on any atom is 0.355 e. The number of rotatable bonds is 7. The van der Waals surface area contributed by atoms with Crippen LogP contribution in [0.3, 0.4) is 0 Å². The van der Waals surface area contributed by atoms with Crippen LogP contribution >= 0.6 is 23.1 Å². The Morgan fingerprint density at radius 2 is 2.09 bits per heavy atom. The molecule has 33 heavy (non-hydrogen) atoms. The number of carbonyl (C=O) groups excluding carboxylic acids is 4. The van der Waals surface area contributed by atoms with Gasteiger partial charge < -0.3 is 25.4 Å². The largest absolute Gasteiger partial charge is 0.457 e. The van der Waals surface area contributed by atoms with Gasteiger partial charge in [-0.2, -0.15) is 0 Å². The molecule has 0 bridgehead atoms. The number of ether oxygens (including phenoxy) is 2. The van der Waals surface area contributed by atoms with Crippen LogP contribution in [0, 0.1) is 0 Å². The Hall–Kier alpha value is -3.13. The van der Waals surface area contributed by atoms with E-state index in [-0.39, 0.29) is 22.2 Å². The van der Waals surface area contributed by atoms with Crippen molar-refractivity contribution in [1.29, 1.82) is 0 Å². The third-order valence-corrected chi connectivity index (χ3v) is 6.10. The van der Waals surface area contributed by atoms with E-state index < -0.39 is 47.4 Å². The minimum atomic E-state index is -0.900. The molecular formula is C19H23N5O7S2. The molecule has 0 aromatic carbocycles. The third kappa shape index (κ3) is 5.63. The number of nitrogens with zero attached hydrogens (tertiary/aromatic N) is 3. The van der Waals surface area contributed by atoms with E-state index in [1.54, 1.807) is 26.2 Å². The molecule has 1 unspecified atom stereocenters. The van der Waals surface area contributed by atoms with Gasteiger partial charge in [0.1, 0.15) is 35.5 Å². The summed E-state index contributed by atoms with van der Waals surface area (Å²) in [6.07, 6.45) is 1.53. The van der Waals surface area contributed by atoms with Gasteiger partial charge >= 0.3 is 11.9 Å². The number of nitrogen functional groups attached to an aromatic ring is 1. The van der Waals surface area contributed by atoms with E-state index in [2.05, 4.69) is 15.5 Å². The smallest absolute Gasteiger partial charge is 0.355 e. The lowest BCUT2D eigenvalue weighted by Crippen LogP contribution is -2.70. The lowest BCUT2D eigenvalue weighted by molar-refractivity contribution is -0.166. The molecule has 2 atom stereocenters. The van der Waals surface area contributed by atoms with Crippen LogP contribution in [-0.2, 0) is 33.5 Å². The summed E-state index contributed by atoms with van der Waals surface area (Å²) >= 11 is 2.48. The first kappa shape index (κ1) is 24.5. The number of esters is 2. The maximum atomic E-state index is 12.7. The van der Waals surface area contributed by atoms with Gasteiger partial charge in [-0.05, 0) is 26.8 Å². The number of carbonyl (C=O) groups is 4. The normalized spacial score (nSPS) is 20.2. The van der Waals surface area contributed by atoms with E-state index in [1.807, 2.05) is 0 Å². The van der Waals surface area contributed by atoms with E-state index in [0.29, 0.717) is 5.75 Å². The minimum Gasteiger partial charge on any atom is -0.457 e. The quantitative estimate of drug-likeness (QED) is 0.231. The zero-order chi connectivity index (χ0) is 24.3. The van der Waals surface area contributed by atoms with Crippen molar-refractivity contribution >= 4 is 57.7 Å². The summed E-state index contributed by atoms with van der Waals surface area (Å²) in [4.78, 5) is 59.7. The molecule has 178 valence electrons. The van der Waals surface area contributed by atoms with E-state index in [9.17, 15) is 19.2 Å². The fourth-order valence-electron chi connectivity index (χ4n) is 3.00. The number of oxime groups is 1. The number of β-lactam (4-membered cyclic amide) rings is 1. The predicted molar refractivity (Wildman–Crippen MR) is 120 cm³/mol. The average molecular weight is 498 g/mol. The van der Waals surface area contributed by atoms with Crippen LogP contribution < -0.4 is 11.1 Å². The Morgan fingerprint density at radius 1 is 1.36 bits per heavy atom. The van der Waals surface area contributed by atoms with Gasteiger partial charge in [-0.1, -0.05) is 5.16 Å². The van der Waals surface area contributed by atoms with E-state index >= 15 is 0 Å². The monoisotopic (exact) mass is 497 g/mol. The van der Waals surface area contributed by atoms with Crippen LogP contribution in [0.2, 0.25) is 0 Å². The maximum absolute atomic E-state index is 12.7. The highest BCUT2D eigenvalue weighted by Gasteiger charge is 2.53. The van der Waals surface area contributed by atoms with Crippen molar-refractivity contribution in [2.24, 2.45) is 5.16 Å². The lowest BCUT2D eigenvalue weighted by atomic mass is 10.0. The SMILES string of the molecule is CON=C(C(=O)NC1C(=O)N2C(C(=O)OCC(=O)OC(C)(C)C)=CCS[C@H]12)c1csc(N)n1. The molecule has 2 amide bonds. The average Bonchev–Trinajstić information content (AvgIpc) is 3.17. The van der Waals surface area contributed by atoms with Crippen molar-refractivity contribution in [1.82, 2.24) is 15.2 Å². The molecule has 2 aliphatic rings. The first-order chi connectivity index (χ1) is 15.5. The van der Waals surface area contributed by atoms with E-state index in [0.717, 1.165) is 11.3 Å². The van der Waals surface area contributed by atoms with Crippen molar-refractivity contribution in [3.8, 4) is 0 Å². The molecule has 2 aliphatic heterocycles. The topological polar surface area (TPSA) is 163 Å². The second-order valence-electron chi connectivity index (χ2n) is 7.83. The molecule has 0 aliphatic carbocycles. The molecule has 1 saturated heterocycles. The number of hydrogen-bond donors (Lipinski definition) is 2. The fourth-order valence-corrected chi connectivity index (χ4v) is 4.74. The van der Waals surface area contributed by atoms with Gasteiger partial charge in [0, 0.05) is 11.1 Å². The summed E-state index contributed by atoms with van der Waals surface area (Å²) in [6, 6.07) is -0.900. The molecular weight excluding hydrogens is 474 g/mol. The Labute approximate surface area is 197 Å². The molecule has 0 spiro atoms. The number of fused-ring (bicyclic) bond motifs is 1. The van der Waals surface area contributed by atoms with Gasteiger partial charge in [-0.15, -0.1) is 23.1 Å². The number of hydrogen-bond acceptors (Lipinski definition) is 12. The Kier molecular flexibility index (Phi) is 7.27. The summed E-state index contributed by atoms with van der Waals surface area (Å²) in [6.45, 7) is 4.49. The van der Waals surface area contributed by atoms with Gasteiger partial charge in [0.15, 0.2) is 17.5 Å². The lowest BCUT2D eigenvalue weighted by Gasteiger charge is -2.48. The van der Waals surface area contributed by atoms with Crippen LogP contribution in [0.5, 0.6) is 0 Å². The second kappa shape index (κ2) is 9.79. The summed E-state index contributed by atoms with van der Waals surface area (Å²) < 4.78 is 10.1. The summed E-state index contributed by atoms with van der Waals surface area (Å²) in [7, 11) is 1.27. The van der Waals surface area contributed by atoms with E-state index in [1.165, 1.54) is 29.8 Å². The highest BCUT2D eigenvalue weighted by molar-refractivity contribution is 8.00. The number of aromatic nitrogens is 1. The number of thiazole rings is 1. The number of amides is 2. The minimum absolute atomic E-state index is 0.0101. The van der Waals surface area contributed by atoms with E-state index in [4.69, 9.17) is 20.0 Å². The zero-order valence-corrected chi connectivity index (χ0v) is 19.9. The molecule has 0 radical (unpaired) electrons. The second-order valence-corrected chi connectivity index (χ2v) is 9.87. The standard InChI is InChI=1S/C19H23N5O7S2/c1-19(2,3)31-11(25)7-30-17(28)10-5-6-32-16-13(15(27)24(10)16)22-14(26)12(23-29-4)9-8-33-18(20)21-9/h5,8,13,16H,6-7H2,1-4H3,(H2,20,21)(H,22,26)/t13?,16-/m1/s1. The van der Waals surface area contributed by atoms with Crippen molar-refractivity contribution in [2.45, 2.75) is 37.8 Å².